The molecule has 0 aliphatic carbocycles. The van der Waals surface area contributed by atoms with Crippen LogP contribution in [0.15, 0.2) is 66.7 Å². The number of fused-ring (bicyclic) bond motifs is 1. The van der Waals surface area contributed by atoms with E-state index in [0.29, 0.717) is 12.1 Å². The van der Waals surface area contributed by atoms with Gasteiger partial charge in [0.25, 0.3) is 5.91 Å². The van der Waals surface area contributed by atoms with Gasteiger partial charge in [0.05, 0.1) is 30.6 Å². The van der Waals surface area contributed by atoms with Crippen molar-refractivity contribution in [1.29, 1.82) is 0 Å². The average Bonchev–Trinajstić information content (AvgIpc) is 2.94. The summed E-state index contributed by atoms with van der Waals surface area (Å²) in [6.07, 6.45) is -1.42. The number of nitrogens with two attached hydrogens (primary N) is 1. The lowest BCUT2D eigenvalue weighted by Crippen LogP contribution is -2.57. The highest BCUT2D eigenvalue weighted by atomic mass is 16.3. The summed E-state index contributed by atoms with van der Waals surface area (Å²) in [4.78, 5) is 57.7. The third kappa shape index (κ3) is 10.6. The molecule has 2 unspecified atom stereocenters. The van der Waals surface area contributed by atoms with E-state index in [1.807, 2.05) is 77.1 Å². The number of carbonyl (C=O) groups is 4. The summed E-state index contributed by atoms with van der Waals surface area (Å²) in [5, 5.41) is 20.6. The van der Waals surface area contributed by atoms with Crippen molar-refractivity contribution in [2.45, 2.75) is 71.2 Å². The van der Waals surface area contributed by atoms with E-state index < -0.39 is 47.9 Å². The van der Waals surface area contributed by atoms with Crippen LogP contribution in [0.3, 0.4) is 0 Å². The van der Waals surface area contributed by atoms with E-state index in [1.165, 1.54) is 11.0 Å². The zero-order valence-electron chi connectivity index (χ0n) is 26.0. The number of nitrogens with zero attached hydrogens (tertiary/aromatic N) is 2. The first-order valence-corrected chi connectivity index (χ1v) is 14.8. The van der Waals surface area contributed by atoms with Crippen molar-refractivity contribution in [2.75, 3.05) is 13.1 Å². The highest BCUT2D eigenvalue weighted by Crippen LogP contribution is 2.14. The monoisotopic (exact) mass is 604 g/mol. The number of amides is 5. The SMILES string of the molecule is CC(C)CN(C[C@@H](O)C(Cc1ccccc1)NC(=O)C(CC(N)=O)NC(=O)c1ccc2ccccc2n1)C(=O)NC(C)(C)C. The third-order valence-corrected chi connectivity index (χ3v) is 6.71. The predicted molar refractivity (Wildman–Crippen MR) is 170 cm³/mol. The summed E-state index contributed by atoms with van der Waals surface area (Å²) < 4.78 is 0. The molecule has 3 atom stereocenters. The van der Waals surface area contributed by atoms with Gasteiger partial charge in [0.1, 0.15) is 11.7 Å². The maximum Gasteiger partial charge on any atom is 0.317 e. The van der Waals surface area contributed by atoms with Crippen LogP contribution < -0.4 is 21.7 Å². The van der Waals surface area contributed by atoms with Crippen LogP contribution in [0.1, 0.15) is 57.1 Å². The maximum absolute atomic E-state index is 13.6. The number of aliphatic hydroxyl groups is 1. The average molecular weight is 605 g/mol. The Morgan fingerprint density at radius 1 is 0.909 bits per heavy atom. The van der Waals surface area contributed by atoms with Crippen LogP contribution in [0.2, 0.25) is 0 Å². The second-order valence-electron chi connectivity index (χ2n) is 12.4. The van der Waals surface area contributed by atoms with Crippen molar-refractivity contribution in [3.05, 3.63) is 78.0 Å². The Bertz CT molecular complexity index is 1440. The minimum atomic E-state index is -1.32. The van der Waals surface area contributed by atoms with Crippen LogP contribution >= 0.6 is 0 Å². The molecule has 44 heavy (non-hydrogen) atoms. The van der Waals surface area contributed by atoms with Crippen molar-refractivity contribution in [3.63, 3.8) is 0 Å². The number of benzene rings is 2. The summed E-state index contributed by atoms with van der Waals surface area (Å²) in [7, 11) is 0. The highest BCUT2D eigenvalue weighted by Gasteiger charge is 2.31. The number of urea groups is 1. The molecule has 2 aromatic carbocycles. The van der Waals surface area contributed by atoms with Gasteiger partial charge in [-0.15, -0.1) is 0 Å². The molecule has 5 amide bonds. The Balaban J connectivity index is 1.83. The normalized spacial score (nSPS) is 13.5. The Morgan fingerprint density at radius 3 is 2.20 bits per heavy atom. The van der Waals surface area contributed by atoms with Gasteiger partial charge in [-0.25, -0.2) is 9.78 Å². The molecule has 1 aromatic heterocycles. The van der Waals surface area contributed by atoms with Crippen molar-refractivity contribution in [2.24, 2.45) is 11.7 Å². The maximum atomic E-state index is 13.6. The summed E-state index contributed by atoms with van der Waals surface area (Å²) >= 11 is 0. The van der Waals surface area contributed by atoms with Crippen LogP contribution in [-0.2, 0) is 16.0 Å². The van der Waals surface area contributed by atoms with E-state index in [4.69, 9.17) is 5.73 Å². The van der Waals surface area contributed by atoms with Gasteiger partial charge in [-0.2, -0.15) is 0 Å². The smallest absolute Gasteiger partial charge is 0.317 e. The summed E-state index contributed by atoms with van der Waals surface area (Å²) in [6.45, 7) is 9.86. The van der Waals surface area contributed by atoms with E-state index >= 15 is 0 Å². The molecule has 236 valence electrons. The lowest BCUT2D eigenvalue weighted by molar-refractivity contribution is -0.128. The van der Waals surface area contributed by atoms with E-state index in [0.717, 1.165) is 10.9 Å². The Labute approximate surface area is 258 Å². The van der Waals surface area contributed by atoms with E-state index in [9.17, 15) is 24.3 Å². The topological polar surface area (TPSA) is 167 Å². The highest BCUT2D eigenvalue weighted by molar-refractivity contribution is 5.99. The lowest BCUT2D eigenvalue weighted by atomic mass is 9.99. The first-order valence-electron chi connectivity index (χ1n) is 14.8. The van der Waals surface area contributed by atoms with Crippen LogP contribution in [0.4, 0.5) is 4.79 Å². The number of nitrogens with one attached hydrogen (secondary N) is 3. The van der Waals surface area contributed by atoms with Crippen LogP contribution in [-0.4, -0.2) is 75.6 Å². The number of hydrogen-bond acceptors (Lipinski definition) is 6. The van der Waals surface area contributed by atoms with Crippen LogP contribution in [0.5, 0.6) is 0 Å². The minimum absolute atomic E-state index is 0.0638. The van der Waals surface area contributed by atoms with Gasteiger partial charge in [0, 0.05) is 17.5 Å². The molecule has 0 aliphatic rings. The van der Waals surface area contributed by atoms with Crippen molar-refractivity contribution in [1.82, 2.24) is 25.8 Å². The Morgan fingerprint density at radius 2 is 1.57 bits per heavy atom. The van der Waals surface area contributed by atoms with Crippen molar-refractivity contribution in [3.8, 4) is 0 Å². The number of aliphatic hydroxyl groups excluding tert-OH is 1. The molecule has 6 N–H and O–H groups in total. The molecule has 3 aromatic rings. The fraction of sp³-hybridized carbons (Fsp3) is 0.424. The molecule has 0 aliphatic heterocycles. The molecule has 0 saturated heterocycles. The molecule has 0 spiro atoms. The molecule has 11 heteroatoms. The van der Waals surface area contributed by atoms with E-state index in [1.54, 1.807) is 18.2 Å². The molecule has 11 nitrogen and oxygen atoms in total. The fourth-order valence-electron chi connectivity index (χ4n) is 4.70. The molecular formula is C33H44N6O5. The molecule has 1 heterocycles. The van der Waals surface area contributed by atoms with Crippen molar-refractivity contribution < 1.29 is 24.3 Å². The summed E-state index contributed by atoms with van der Waals surface area (Å²) in [5.41, 5.74) is 6.46. The van der Waals surface area contributed by atoms with Gasteiger partial charge in [0.2, 0.25) is 11.8 Å². The number of hydrogen-bond donors (Lipinski definition) is 5. The minimum Gasteiger partial charge on any atom is -0.389 e. The van der Waals surface area contributed by atoms with Gasteiger partial charge in [-0.1, -0.05) is 68.4 Å². The summed E-state index contributed by atoms with van der Waals surface area (Å²) in [5.74, 6) is -2.03. The van der Waals surface area contributed by atoms with E-state index in [-0.39, 0.29) is 30.6 Å². The zero-order chi connectivity index (χ0) is 32.4. The number of primary amides is 1. The predicted octanol–water partition coefficient (Wildman–Crippen LogP) is 2.76. The molecule has 0 saturated carbocycles. The standard InChI is InChI=1S/C33H44N6O5/c1-21(2)19-39(32(44)38-33(3,4)5)20-28(40)26(17-22-11-7-6-8-12-22)36-31(43)27(18-29(34)41)37-30(42)25-16-15-23-13-9-10-14-24(23)35-25/h6-16,21,26-28,40H,17-20H2,1-5H3,(H2,34,41)(H,36,43)(H,37,42)(H,38,44)/t26?,27?,28-/m1/s1. The molecule has 3 rings (SSSR count). The number of aromatic nitrogens is 1. The van der Waals surface area contributed by atoms with Crippen LogP contribution in [0.25, 0.3) is 10.9 Å². The third-order valence-electron chi connectivity index (χ3n) is 6.71. The summed E-state index contributed by atoms with van der Waals surface area (Å²) in [6, 6.07) is 17.3. The van der Waals surface area contributed by atoms with Crippen LogP contribution in [0, 0.1) is 5.92 Å². The molecule has 0 fully saturated rings. The number of para-hydroxylation sites is 1. The lowest BCUT2D eigenvalue weighted by Gasteiger charge is -2.34. The van der Waals surface area contributed by atoms with Gasteiger partial charge in [-0.05, 0) is 50.8 Å². The Kier molecular flexibility index (Phi) is 11.8. The molecule has 0 bridgehead atoms. The second kappa shape index (κ2) is 15.3. The van der Waals surface area contributed by atoms with Crippen molar-refractivity contribution >= 4 is 34.7 Å². The van der Waals surface area contributed by atoms with Gasteiger partial charge >= 0.3 is 6.03 Å². The second-order valence-corrected chi connectivity index (χ2v) is 12.4. The van der Waals surface area contributed by atoms with Gasteiger partial charge in [-0.3, -0.25) is 14.4 Å². The first-order chi connectivity index (χ1) is 20.7. The number of rotatable bonds is 13. The fourth-order valence-corrected chi connectivity index (χ4v) is 4.70. The molecular weight excluding hydrogens is 560 g/mol. The number of pyridine rings is 1. The molecule has 0 radical (unpaired) electrons. The van der Waals surface area contributed by atoms with Gasteiger partial charge < -0.3 is 31.7 Å². The van der Waals surface area contributed by atoms with Gasteiger partial charge in [0.15, 0.2) is 0 Å². The zero-order valence-corrected chi connectivity index (χ0v) is 26.0. The first kappa shape index (κ1) is 34.0. The Hall–Kier alpha value is -4.51. The largest absolute Gasteiger partial charge is 0.389 e. The number of carbonyl (C=O) groups excluding carboxylic acids is 4. The quantitative estimate of drug-likeness (QED) is 0.201. The van der Waals surface area contributed by atoms with E-state index in [2.05, 4.69) is 20.9 Å².